The number of rotatable bonds is 4. The molecule has 2 heterocycles. The van der Waals surface area contributed by atoms with Gasteiger partial charge in [-0.3, -0.25) is 19.5 Å². The number of hydrogen-bond acceptors (Lipinski definition) is 3. The van der Waals surface area contributed by atoms with Crippen LogP contribution < -0.4 is 0 Å². The second kappa shape index (κ2) is 7.21. The molecule has 3 aromatic rings. The van der Waals surface area contributed by atoms with Crippen LogP contribution >= 0.6 is 0 Å². The van der Waals surface area contributed by atoms with Gasteiger partial charge in [-0.1, -0.05) is 56.3 Å². The van der Waals surface area contributed by atoms with Gasteiger partial charge in [0.25, 0.3) is 11.8 Å². The lowest BCUT2D eigenvalue weighted by Gasteiger charge is -2.34. The van der Waals surface area contributed by atoms with E-state index in [9.17, 15) is 9.59 Å². The molecule has 0 spiro atoms. The van der Waals surface area contributed by atoms with E-state index in [0.29, 0.717) is 17.0 Å². The van der Waals surface area contributed by atoms with Crippen LogP contribution in [0.25, 0.3) is 17.0 Å². The second-order valence-electron chi connectivity index (χ2n) is 8.67. The van der Waals surface area contributed by atoms with Crippen LogP contribution in [0.4, 0.5) is 0 Å². The van der Waals surface area contributed by atoms with Crippen LogP contribution in [0.3, 0.4) is 0 Å². The third kappa shape index (κ3) is 3.04. The Labute approximate surface area is 176 Å². The summed E-state index contributed by atoms with van der Waals surface area (Å²) in [7, 11) is 0. The highest BCUT2D eigenvalue weighted by Crippen LogP contribution is 2.35. The zero-order valence-electron chi connectivity index (χ0n) is 17.2. The zero-order valence-corrected chi connectivity index (χ0v) is 17.2. The van der Waals surface area contributed by atoms with Gasteiger partial charge < -0.3 is 0 Å². The summed E-state index contributed by atoms with van der Waals surface area (Å²) in [4.78, 5) is 32.7. The van der Waals surface area contributed by atoms with E-state index in [1.807, 2.05) is 30.3 Å². The Kier molecular flexibility index (Phi) is 4.50. The predicted octanol–water partition coefficient (Wildman–Crippen LogP) is 5.13. The molecule has 1 unspecified atom stereocenters. The molecular formula is C26H24N2O2. The van der Waals surface area contributed by atoms with Crippen molar-refractivity contribution >= 4 is 28.8 Å². The monoisotopic (exact) mass is 396 g/mol. The first-order chi connectivity index (χ1) is 14.5. The molecule has 0 radical (unpaired) electrons. The highest BCUT2D eigenvalue weighted by molar-refractivity contribution is 6.21. The predicted molar refractivity (Wildman–Crippen MR) is 118 cm³/mol. The minimum atomic E-state index is -0.185. The summed E-state index contributed by atoms with van der Waals surface area (Å²) in [6.45, 7) is 4.27. The summed E-state index contributed by atoms with van der Waals surface area (Å²) in [5, 5.41) is 1.12. The molecule has 2 atom stereocenters. The highest BCUT2D eigenvalue weighted by atomic mass is 16.2. The second-order valence-corrected chi connectivity index (χ2v) is 8.67. The van der Waals surface area contributed by atoms with E-state index in [4.69, 9.17) is 4.98 Å². The molecule has 2 aliphatic rings. The standard InChI is InChI=1S/C26H24N2O2/c1-16(2)13-24(28-25(29)20-8-4-5-9-21(20)26(28)30)19-12-11-18-14-17-7-3-6-10-22(17)27-23(18)15-19/h3-12,14,16,19,24H,13,15H2,1-2H3/t19?,24-/m0/s1. The van der Waals surface area contributed by atoms with Gasteiger partial charge in [0.1, 0.15) is 0 Å². The van der Waals surface area contributed by atoms with Crippen molar-refractivity contribution in [3.8, 4) is 0 Å². The Morgan fingerprint density at radius 2 is 1.67 bits per heavy atom. The van der Waals surface area contributed by atoms with Crippen molar-refractivity contribution in [1.29, 1.82) is 0 Å². The number of nitrogens with zero attached hydrogens (tertiary/aromatic N) is 2. The Balaban J connectivity index is 1.52. The van der Waals surface area contributed by atoms with Crippen molar-refractivity contribution in [2.75, 3.05) is 0 Å². The van der Waals surface area contributed by atoms with Gasteiger partial charge in [0.2, 0.25) is 0 Å². The van der Waals surface area contributed by atoms with Crippen molar-refractivity contribution in [3.63, 3.8) is 0 Å². The molecule has 4 nitrogen and oxygen atoms in total. The molecule has 0 bridgehead atoms. The van der Waals surface area contributed by atoms with E-state index in [0.717, 1.165) is 35.0 Å². The molecule has 1 aromatic heterocycles. The molecule has 30 heavy (non-hydrogen) atoms. The molecule has 1 aliphatic heterocycles. The quantitative estimate of drug-likeness (QED) is 0.575. The zero-order chi connectivity index (χ0) is 20.8. The molecule has 150 valence electrons. The molecule has 2 aromatic carbocycles. The van der Waals surface area contributed by atoms with Crippen LogP contribution in [0.5, 0.6) is 0 Å². The van der Waals surface area contributed by atoms with E-state index >= 15 is 0 Å². The third-order valence-electron chi connectivity index (χ3n) is 6.15. The smallest absolute Gasteiger partial charge is 0.261 e. The number of fused-ring (bicyclic) bond motifs is 3. The molecular weight excluding hydrogens is 372 g/mol. The largest absolute Gasteiger partial charge is 0.271 e. The van der Waals surface area contributed by atoms with Gasteiger partial charge in [-0.05, 0) is 48.6 Å². The lowest BCUT2D eigenvalue weighted by molar-refractivity contribution is 0.0522. The normalized spacial score (nSPS) is 18.8. The number of aromatic nitrogens is 1. The number of para-hydroxylation sites is 1. The van der Waals surface area contributed by atoms with Crippen molar-refractivity contribution in [2.45, 2.75) is 32.7 Å². The van der Waals surface area contributed by atoms with Gasteiger partial charge in [0, 0.05) is 23.0 Å². The lowest BCUT2D eigenvalue weighted by atomic mass is 9.83. The number of carbonyl (C=O) groups is 2. The molecule has 4 heteroatoms. The van der Waals surface area contributed by atoms with E-state index < -0.39 is 0 Å². The fourth-order valence-electron chi connectivity index (χ4n) is 4.73. The number of amides is 2. The van der Waals surface area contributed by atoms with Gasteiger partial charge >= 0.3 is 0 Å². The fraction of sp³-hybridized carbons (Fsp3) is 0.269. The lowest BCUT2D eigenvalue weighted by Crippen LogP contribution is -2.45. The van der Waals surface area contributed by atoms with Crippen LogP contribution in [0, 0.1) is 11.8 Å². The molecule has 0 saturated heterocycles. The van der Waals surface area contributed by atoms with Gasteiger partial charge in [-0.25, -0.2) is 0 Å². The minimum absolute atomic E-state index is 0.0516. The molecule has 0 saturated carbocycles. The van der Waals surface area contributed by atoms with Gasteiger partial charge in [-0.15, -0.1) is 0 Å². The molecule has 0 fully saturated rings. The maximum absolute atomic E-state index is 13.2. The molecule has 2 amide bonds. The average molecular weight is 396 g/mol. The Morgan fingerprint density at radius 3 is 2.37 bits per heavy atom. The number of pyridine rings is 1. The summed E-state index contributed by atoms with van der Waals surface area (Å²) < 4.78 is 0. The van der Waals surface area contributed by atoms with Gasteiger partial charge in [-0.2, -0.15) is 0 Å². The highest BCUT2D eigenvalue weighted by Gasteiger charge is 2.42. The van der Waals surface area contributed by atoms with Crippen LogP contribution in [0.1, 0.15) is 52.2 Å². The van der Waals surface area contributed by atoms with E-state index in [-0.39, 0.29) is 23.8 Å². The number of imide groups is 1. The summed E-state index contributed by atoms with van der Waals surface area (Å²) in [5.74, 6) is 0.0632. The van der Waals surface area contributed by atoms with Crippen molar-refractivity contribution in [3.05, 3.63) is 83.1 Å². The molecule has 5 rings (SSSR count). The van der Waals surface area contributed by atoms with E-state index in [1.165, 1.54) is 4.90 Å². The van der Waals surface area contributed by atoms with Gasteiger partial charge in [0.05, 0.1) is 16.6 Å². The first-order valence-corrected chi connectivity index (χ1v) is 10.6. The van der Waals surface area contributed by atoms with E-state index in [1.54, 1.807) is 12.1 Å². The Bertz CT molecular complexity index is 1160. The number of benzene rings is 2. The third-order valence-corrected chi connectivity index (χ3v) is 6.15. The average Bonchev–Trinajstić information content (AvgIpc) is 3.00. The summed E-state index contributed by atoms with van der Waals surface area (Å²) >= 11 is 0. The first-order valence-electron chi connectivity index (χ1n) is 10.6. The van der Waals surface area contributed by atoms with Crippen LogP contribution in [-0.4, -0.2) is 27.7 Å². The summed E-state index contributed by atoms with van der Waals surface area (Å²) in [6, 6.07) is 17.2. The topological polar surface area (TPSA) is 50.3 Å². The maximum Gasteiger partial charge on any atom is 0.261 e. The molecule has 1 aliphatic carbocycles. The summed E-state index contributed by atoms with van der Waals surface area (Å²) in [5.41, 5.74) is 4.16. The van der Waals surface area contributed by atoms with E-state index in [2.05, 4.69) is 38.1 Å². The van der Waals surface area contributed by atoms with Crippen molar-refractivity contribution in [2.24, 2.45) is 11.8 Å². The maximum atomic E-state index is 13.2. The fourth-order valence-corrected chi connectivity index (χ4v) is 4.73. The Morgan fingerprint density at radius 1 is 1.00 bits per heavy atom. The molecule has 0 N–H and O–H groups in total. The minimum Gasteiger partial charge on any atom is -0.271 e. The van der Waals surface area contributed by atoms with Gasteiger partial charge in [0.15, 0.2) is 0 Å². The van der Waals surface area contributed by atoms with Crippen molar-refractivity contribution in [1.82, 2.24) is 9.88 Å². The van der Waals surface area contributed by atoms with Crippen molar-refractivity contribution < 1.29 is 9.59 Å². The Hall–Kier alpha value is -3.27. The van der Waals surface area contributed by atoms with Crippen LogP contribution in [0.15, 0.2) is 60.7 Å². The number of hydrogen-bond donors (Lipinski definition) is 0. The van der Waals surface area contributed by atoms with Crippen LogP contribution in [-0.2, 0) is 6.42 Å². The summed E-state index contributed by atoms with van der Waals surface area (Å²) in [6.07, 6.45) is 5.76. The van der Waals surface area contributed by atoms with Crippen LogP contribution in [0.2, 0.25) is 0 Å². The number of carbonyl (C=O) groups excluding carboxylic acids is 2. The first kappa shape index (κ1) is 18.7. The SMILES string of the molecule is CC(C)C[C@@H](C1C=Cc2cc3ccccc3nc2C1)N1C(=O)c2ccccc2C1=O.